The fourth-order valence-corrected chi connectivity index (χ4v) is 2.75. The smallest absolute Gasteiger partial charge is 0.428 e. The molecule has 0 saturated carbocycles. The summed E-state index contributed by atoms with van der Waals surface area (Å²) in [6, 6.07) is 8.99. The lowest BCUT2D eigenvalue weighted by Crippen LogP contribution is -2.37. The molecule has 0 spiro atoms. The summed E-state index contributed by atoms with van der Waals surface area (Å²) >= 11 is 0. The Morgan fingerprint density at radius 2 is 1.92 bits per heavy atom. The van der Waals surface area contributed by atoms with Crippen LogP contribution in [-0.4, -0.2) is 17.9 Å². The first kappa shape index (κ1) is 16.1. The molecule has 0 unspecified atom stereocenters. The van der Waals surface area contributed by atoms with Gasteiger partial charge < -0.3 is 4.74 Å². The Kier molecular flexibility index (Phi) is 4.29. The number of nitrogens with zero attached hydrogens (tertiary/aromatic N) is 1. The van der Waals surface area contributed by atoms with E-state index in [1.165, 1.54) is 12.1 Å². The monoisotopic (exact) mass is 330 g/mol. The summed E-state index contributed by atoms with van der Waals surface area (Å²) in [5.74, 6) is -1.21. The van der Waals surface area contributed by atoms with Crippen molar-refractivity contribution in [3.63, 3.8) is 0 Å². The van der Waals surface area contributed by atoms with Crippen molar-refractivity contribution in [3.05, 3.63) is 59.2 Å². The van der Waals surface area contributed by atoms with Crippen LogP contribution in [0.1, 0.15) is 25.0 Å². The molecule has 1 amide bonds. The number of ether oxygens (including phenoxy) is 1. The third-order valence-electron chi connectivity index (χ3n) is 3.94. The van der Waals surface area contributed by atoms with Gasteiger partial charge in [-0.3, -0.25) is 0 Å². The van der Waals surface area contributed by atoms with Crippen LogP contribution in [0, 0.1) is 11.6 Å². The molecule has 0 bridgehead atoms. The SMILES string of the molecule is CCc1cc(C2=NNC(=O)O[C@H]2C)ccc1-c1ccc(F)cc1F. The van der Waals surface area contributed by atoms with Crippen LogP contribution in [-0.2, 0) is 11.2 Å². The zero-order valence-corrected chi connectivity index (χ0v) is 13.3. The summed E-state index contributed by atoms with van der Waals surface area (Å²) in [6.07, 6.45) is -0.404. The van der Waals surface area contributed by atoms with Gasteiger partial charge in [0.05, 0.1) is 0 Å². The molecule has 6 heteroatoms. The van der Waals surface area contributed by atoms with Crippen LogP contribution in [0.3, 0.4) is 0 Å². The molecule has 1 aliphatic heterocycles. The number of halogens is 2. The van der Waals surface area contributed by atoms with Gasteiger partial charge in [-0.25, -0.2) is 19.0 Å². The van der Waals surface area contributed by atoms with Crippen LogP contribution >= 0.6 is 0 Å². The lowest BCUT2D eigenvalue weighted by Gasteiger charge is -2.21. The molecule has 0 radical (unpaired) electrons. The summed E-state index contributed by atoms with van der Waals surface area (Å²) in [5.41, 5.74) is 5.61. The van der Waals surface area contributed by atoms with E-state index in [-0.39, 0.29) is 0 Å². The Balaban J connectivity index is 2.04. The van der Waals surface area contributed by atoms with Gasteiger partial charge in [-0.2, -0.15) is 5.10 Å². The molecule has 0 aliphatic carbocycles. The summed E-state index contributed by atoms with van der Waals surface area (Å²) in [6.45, 7) is 3.69. The highest BCUT2D eigenvalue weighted by Crippen LogP contribution is 2.29. The molecule has 0 aromatic heterocycles. The van der Waals surface area contributed by atoms with Crippen LogP contribution in [0.25, 0.3) is 11.1 Å². The number of carbonyl (C=O) groups excluding carboxylic acids is 1. The minimum atomic E-state index is -0.607. The van der Waals surface area contributed by atoms with E-state index in [1.807, 2.05) is 13.0 Å². The van der Waals surface area contributed by atoms with Gasteiger partial charge >= 0.3 is 6.09 Å². The first-order chi connectivity index (χ1) is 11.5. The van der Waals surface area contributed by atoms with E-state index >= 15 is 0 Å². The number of carbonyl (C=O) groups is 1. The van der Waals surface area contributed by atoms with Gasteiger partial charge in [-0.15, -0.1) is 0 Å². The summed E-state index contributed by atoms with van der Waals surface area (Å²) in [7, 11) is 0. The second-order valence-corrected chi connectivity index (χ2v) is 5.51. The van der Waals surface area contributed by atoms with Crippen LogP contribution < -0.4 is 5.43 Å². The van der Waals surface area contributed by atoms with Crippen LogP contribution in [0.4, 0.5) is 13.6 Å². The van der Waals surface area contributed by atoms with Gasteiger partial charge in [0.15, 0.2) is 0 Å². The highest BCUT2D eigenvalue weighted by atomic mass is 19.1. The number of benzene rings is 2. The average Bonchev–Trinajstić information content (AvgIpc) is 2.55. The molecular weight excluding hydrogens is 314 g/mol. The van der Waals surface area contributed by atoms with Crippen molar-refractivity contribution >= 4 is 11.8 Å². The second kappa shape index (κ2) is 6.39. The van der Waals surface area contributed by atoms with E-state index in [9.17, 15) is 13.6 Å². The Morgan fingerprint density at radius 3 is 2.58 bits per heavy atom. The molecule has 0 saturated heterocycles. The molecule has 1 atom stereocenters. The third kappa shape index (κ3) is 2.99. The minimum absolute atomic E-state index is 0.350. The fraction of sp³-hybridized carbons (Fsp3) is 0.222. The predicted octanol–water partition coefficient (Wildman–Crippen LogP) is 4.03. The molecule has 2 aromatic rings. The van der Waals surface area contributed by atoms with Gasteiger partial charge in [-0.05, 0) is 42.7 Å². The van der Waals surface area contributed by atoms with E-state index in [0.717, 1.165) is 17.2 Å². The first-order valence-corrected chi connectivity index (χ1v) is 7.62. The molecule has 24 heavy (non-hydrogen) atoms. The Bertz CT molecular complexity index is 834. The predicted molar refractivity (Wildman–Crippen MR) is 86.8 cm³/mol. The lowest BCUT2D eigenvalue weighted by atomic mass is 9.93. The molecule has 3 rings (SSSR count). The van der Waals surface area contributed by atoms with Gasteiger partial charge in [0.1, 0.15) is 23.5 Å². The molecule has 1 N–H and O–H groups in total. The van der Waals surface area contributed by atoms with Gasteiger partial charge in [0.25, 0.3) is 0 Å². The standard InChI is InChI=1S/C18H16F2N2O2/c1-3-11-8-12(17-10(2)24-18(23)22-21-17)4-6-14(11)15-7-5-13(19)9-16(15)20/h4-10H,3H2,1-2H3,(H,22,23)/t10-/m0/s1. The Hall–Kier alpha value is -2.76. The highest BCUT2D eigenvalue weighted by molar-refractivity contribution is 6.06. The molecule has 2 aromatic carbocycles. The first-order valence-electron chi connectivity index (χ1n) is 7.62. The largest absolute Gasteiger partial charge is 0.439 e. The van der Waals surface area contributed by atoms with Crippen molar-refractivity contribution in [2.75, 3.05) is 0 Å². The molecular formula is C18H16F2N2O2. The van der Waals surface area contributed by atoms with Crippen LogP contribution in [0.15, 0.2) is 41.5 Å². The van der Waals surface area contributed by atoms with Gasteiger partial charge in [-0.1, -0.05) is 19.1 Å². The number of hydrogen-bond acceptors (Lipinski definition) is 3. The number of aryl methyl sites for hydroxylation is 1. The van der Waals surface area contributed by atoms with Crippen molar-refractivity contribution < 1.29 is 18.3 Å². The third-order valence-corrected chi connectivity index (χ3v) is 3.94. The van der Waals surface area contributed by atoms with E-state index in [1.54, 1.807) is 19.1 Å². The Morgan fingerprint density at radius 1 is 1.17 bits per heavy atom. The topological polar surface area (TPSA) is 50.7 Å². The second-order valence-electron chi connectivity index (χ2n) is 5.51. The molecule has 4 nitrogen and oxygen atoms in total. The van der Waals surface area contributed by atoms with E-state index in [2.05, 4.69) is 10.5 Å². The molecule has 1 aliphatic rings. The number of cyclic esters (lactones) is 1. The van der Waals surface area contributed by atoms with E-state index in [4.69, 9.17) is 4.74 Å². The highest BCUT2D eigenvalue weighted by Gasteiger charge is 2.23. The van der Waals surface area contributed by atoms with Crippen LogP contribution in [0.2, 0.25) is 0 Å². The van der Waals surface area contributed by atoms with Crippen molar-refractivity contribution in [3.8, 4) is 11.1 Å². The Labute approximate surface area is 138 Å². The number of rotatable bonds is 3. The van der Waals surface area contributed by atoms with Crippen LogP contribution in [0.5, 0.6) is 0 Å². The number of hydrazone groups is 1. The van der Waals surface area contributed by atoms with Gasteiger partial charge in [0, 0.05) is 17.2 Å². The lowest BCUT2D eigenvalue weighted by molar-refractivity contribution is 0.127. The number of amides is 1. The fourth-order valence-electron chi connectivity index (χ4n) is 2.75. The normalized spacial score (nSPS) is 17.1. The average molecular weight is 330 g/mol. The molecule has 1 heterocycles. The maximum absolute atomic E-state index is 14.1. The quantitative estimate of drug-likeness (QED) is 0.924. The van der Waals surface area contributed by atoms with Crippen molar-refractivity contribution in [1.29, 1.82) is 0 Å². The molecule has 124 valence electrons. The zero-order valence-electron chi connectivity index (χ0n) is 13.3. The number of hydrogen-bond donors (Lipinski definition) is 1. The van der Waals surface area contributed by atoms with Crippen molar-refractivity contribution in [2.45, 2.75) is 26.4 Å². The van der Waals surface area contributed by atoms with Crippen molar-refractivity contribution in [2.24, 2.45) is 5.10 Å². The van der Waals surface area contributed by atoms with E-state index in [0.29, 0.717) is 23.3 Å². The summed E-state index contributed by atoms with van der Waals surface area (Å²) in [4.78, 5) is 11.2. The summed E-state index contributed by atoms with van der Waals surface area (Å²) in [5, 5.41) is 4.04. The minimum Gasteiger partial charge on any atom is -0.439 e. The summed E-state index contributed by atoms with van der Waals surface area (Å²) < 4.78 is 32.3. The van der Waals surface area contributed by atoms with Crippen molar-refractivity contribution in [1.82, 2.24) is 5.43 Å². The maximum atomic E-state index is 14.1. The maximum Gasteiger partial charge on any atom is 0.428 e. The molecule has 0 fully saturated rings. The zero-order chi connectivity index (χ0) is 17.3. The number of nitrogens with one attached hydrogen (secondary N) is 1. The van der Waals surface area contributed by atoms with Gasteiger partial charge in [0.2, 0.25) is 0 Å². The van der Waals surface area contributed by atoms with E-state index < -0.39 is 23.8 Å².